The lowest BCUT2D eigenvalue weighted by molar-refractivity contribution is -0.114. The lowest BCUT2D eigenvalue weighted by Crippen LogP contribution is -2.57. The van der Waals surface area contributed by atoms with Gasteiger partial charge in [-0.15, -0.1) is 0 Å². The van der Waals surface area contributed by atoms with Crippen LogP contribution in [0.4, 0.5) is 5.69 Å². The second kappa shape index (κ2) is 6.74. The van der Waals surface area contributed by atoms with Crippen LogP contribution >= 0.6 is 0 Å². The molecule has 0 bridgehead atoms. The van der Waals surface area contributed by atoms with Crippen LogP contribution in [0.1, 0.15) is 20.8 Å². The van der Waals surface area contributed by atoms with E-state index in [0.717, 1.165) is 5.39 Å². The summed E-state index contributed by atoms with van der Waals surface area (Å²) in [5.41, 5.74) is 0.615. The molecular weight excluding hydrogens is 338 g/mol. The number of anilines is 1. The van der Waals surface area contributed by atoms with Crippen molar-refractivity contribution in [3.05, 3.63) is 36.4 Å². The van der Waals surface area contributed by atoms with Gasteiger partial charge in [-0.1, -0.05) is 24.3 Å². The van der Waals surface area contributed by atoms with Crippen molar-refractivity contribution in [2.24, 2.45) is 0 Å². The number of nitrogens with zero attached hydrogens (tertiary/aromatic N) is 1. The minimum atomic E-state index is -3.64. The highest BCUT2D eigenvalue weighted by atomic mass is 32.2. The summed E-state index contributed by atoms with van der Waals surface area (Å²) in [6, 6.07) is 10.5. The molecule has 2 aromatic rings. The van der Waals surface area contributed by atoms with Gasteiger partial charge in [0.2, 0.25) is 15.9 Å². The normalized spacial score (nSPS) is 22.0. The number of carbonyl (C=O) groups excluding carboxylic acids is 1. The Balaban J connectivity index is 2.14. The fourth-order valence-corrected chi connectivity index (χ4v) is 5.19. The Hall–Kier alpha value is -1.96. The molecule has 1 amide bonds. The van der Waals surface area contributed by atoms with Gasteiger partial charge >= 0.3 is 0 Å². The Morgan fingerprint density at radius 3 is 2.52 bits per heavy atom. The third kappa shape index (κ3) is 3.27. The van der Waals surface area contributed by atoms with E-state index in [1.165, 1.54) is 6.92 Å². The molecule has 1 aliphatic rings. The van der Waals surface area contributed by atoms with E-state index in [4.69, 9.17) is 0 Å². The summed E-state index contributed by atoms with van der Waals surface area (Å²) in [5.74, 6) is -0.190. The minimum absolute atomic E-state index is 0.0911. The van der Waals surface area contributed by atoms with Crippen LogP contribution in [0.25, 0.3) is 10.8 Å². The van der Waals surface area contributed by atoms with Crippen LogP contribution in [0.5, 0.6) is 0 Å². The minimum Gasteiger partial charge on any atom is -0.326 e. The first-order valence-electron chi connectivity index (χ1n) is 8.37. The van der Waals surface area contributed by atoms with Crippen LogP contribution in [0.2, 0.25) is 0 Å². The highest BCUT2D eigenvalue weighted by Gasteiger charge is 2.35. The quantitative estimate of drug-likeness (QED) is 0.878. The van der Waals surface area contributed by atoms with Crippen LogP contribution in [0.15, 0.2) is 41.3 Å². The fourth-order valence-electron chi connectivity index (χ4n) is 3.29. The largest absolute Gasteiger partial charge is 0.326 e. The molecule has 2 atom stereocenters. The molecule has 0 aliphatic carbocycles. The first kappa shape index (κ1) is 17.8. The number of piperazine rings is 1. The Morgan fingerprint density at radius 2 is 1.84 bits per heavy atom. The van der Waals surface area contributed by atoms with Gasteiger partial charge in [0.05, 0.1) is 4.90 Å². The lowest BCUT2D eigenvalue weighted by atomic mass is 10.1. The van der Waals surface area contributed by atoms with Crippen LogP contribution < -0.4 is 10.6 Å². The number of fused-ring (bicyclic) bond motifs is 1. The lowest BCUT2D eigenvalue weighted by Gasteiger charge is -2.37. The Morgan fingerprint density at radius 1 is 1.16 bits per heavy atom. The van der Waals surface area contributed by atoms with Gasteiger partial charge in [0.1, 0.15) is 0 Å². The van der Waals surface area contributed by atoms with Gasteiger partial charge in [-0.25, -0.2) is 8.42 Å². The van der Waals surface area contributed by atoms with E-state index in [9.17, 15) is 13.2 Å². The van der Waals surface area contributed by atoms with E-state index in [2.05, 4.69) is 10.6 Å². The smallest absolute Gasteiger partial charge is 0.244 e. The molecule has 3 rings (SSSR count). The molecular formula is C18H23N3O3S. The van der Waals surface area contributed by atoms with E-state index in [1.54, 1.807) is 22.5 Å². The first-order valence-corrected chi connectivity index (χ1v) is 9.81. The van der Waals surface area contributed by atoms with Gasteiger partial charge in [0, 0.05) is 48.6 Å². The second-order valence-corrected chi connectivity index (χ2v) is 8.30. The van der Waals surface area contributed by atoms with Crippen molar-refractivity contribution in [1.82, 2.24) is 9.62 Å². The molecule has 6 nitrogen and oxygen atoms in total. The number of carbonyl (C=O) groups is 1. The van der Waals surface area contributed by atoms with Crippen molar-refractivity contribution in [3.63, 3.8) is 0 Å². The molecule has 1 heterocycles. The first-order chi connectivity index (χ1) is 11.8. The van der Waals surface area contributed by atoms with Crippen LogP contribution in [0, 0.1) is 0 Å². The van der Waals surface area contributed by atoms with E-state index in [0.29, 0.717) is 24.2 Å². The molecule has 1 aliphatic heterocycles. The Kier molecular flexibility index (Phi) is 4.81. The standard InChI is InChI=1S/C18H23N3O3S/c1-12-13(2)21(11-10-19-12)25(23,24)18-9-8-17(20-14(3)22)15-6-4-5-7-16(15)18/h4-9,12-13,19H,10-11H2,1-3H3,(H,20,22). The van der Waals surface area contributed by atoms with Crippen molar-refractivity contribution in [2.75, 3.05) is 18.4 Å². The Labute approximate surface area is 148 Å². The highest BCUT2D eigenvalue weighted by Crippen LogP contribution is 2.32. The number of rotatable bonds is 3. The highest BCUT2D eigenvalue weighted by molar-refractivity contribution is 7.89. The van der Waals surface area contributed by atoms with Gasteiger partial charge in [-0.3, -0.25) is 4.79 Å². The summed E-state index contributed by atoms with van der Waals surface area (Å²) in [7, 11) is -3.64. The molecule has 134 valence electrons. The maximum atomic E-state index is 13.3. The molecule has 0 radical (unpaired) electrons. The van der Waals surface area contributed by atoms with E-state index < -0.39 is 10.0 Å². The maximum Gasteiger partial charge on any atom is 0.244 e. The molecule has 1 fully saturated rings. The number of hydrogen-bond donors (Lipinski definition) is 2. The Bertz CT molecular complexity index is 911. The topological polar surface area (TPSA) is 78.5 Å². The monoisotopic (exact) mass is 361 g/mol. The number of hydrogen-bond acceptors (Lipinski definition) is 4. The summed E-state index contributed by atoms with van der Waals surface area (Å²) < 4.78 is 28.2. The van der Waals surface area contributed by atoms with Gasteiger partial charge in [0.15, 0.2) is 0 Å². The number of nitrogens with one attached hydrogen (secondary N) is 2. The number of amides is 1. The molecule has 1 saturated heterocycles. The van der Waals surface area contributed by atoms with Crippen LogP contribution in [0.3, 0.4) is 0 Å². The zero-order valence-electron chi connectivity index (χ0n) is 14.6. The van der Waals surface area contributed by atoms with Crippen molar-refractivity contribution in [3.8, 4) is 0 Å². The van der Waals surface area contributed by atoms with Crippen molar-refractivity contribution < 1.29 is 13.2 Å². The molecule has 2 unspecified atom stereocenters. The molecule has 2 aromatic carbocycles. The molecule has 0 saturated carbocycles. The van der Waals surface area contributed by atoms with Crippen molar-refractivity contribution >= 4 is 32.4 Å². The third-order valence-electron chi connectivity index (χ3n) is 4.76. The summed E-state index contributed by atoms with van der Waals surface area (Å²) in [6.07, 6.45) is 0. The fraction of sp³-hybridized carbons (Fsp3) is 0.389. The summed E-state index contributed by atoms with van der Waals surface area (Å²) >= 11 is 0. The molecule has 25 heavy (non-hydrogen) atoms. The third-order valence-corrected chi connectivity index (χ3v) is 6.80. The van der Waals surface area contributed by atoms with Gasteiger partial charge < -0.3 is 10.6 Å². The molecule has 0 spiro atoms. The van der Waals surface area contributed by atoms with Gasteiger partial charge in [-0.05, 0) is 26.0 Å². The van der Waals surface area contributed by atoms with Crippen molar-refractivity contribution in [1.29, 1.82) is 0 Å². The SMILES string of the molecule is CC(=O)Nc1ccc(S(=O)(=O)N2CCNC(C)C2C)c2ccccc12. The predicted molar refractivity (Wildman–Crippen MR) is 99.1 cm³/mol. The molecule has 2 N–H and O–H groups in total. The summed E-state index contributed by atoms with van der Waals surface area (Å²) in [5, 5.41) is 7.40. The van der Waals surface area contributed by atoms with Gasteiger partial charge in [0.25, 0.3) is 0 Å². The molecule has 0 aromatic heterocycles. The van der Waals surface area contributed by atoms with Crippen LogP contribution in [-0.2, 0) is 14.8 Å². The average molecular weight is 361 g/mol. The maximum absolute atomic E-state index is 13.3. The van der Waals surface area contributed by atoms with Crippen LogP contribution in [-0.4, -0.2) is 43.8 Å². The number of benzene rings is 2. The predicted octanol–water partition coefficient (Wildman–Crippen LogP) is 2.17. The average Bonchev–Trinajstić information content (AvgIpc) is 2.57. The second-order valence-electron chi connectivity index (χ2n) is 6.44. The zero-order chi connectivity index (χ0) is 18.2. The van der Waals surface area contributed by atoms with E-state index in [1.807, 2.05) is 32.0 Å². The molecule has 7 heteroatoms. The van der Waals surface area contributed by atoms with Gasteiger partial charge in [-0.2, -0.15) is 4.31 Å². The zero-order valence-corrected chi connectivity index (χ0v) is 15.4. The number of sulfonamides is 1. The van der Waals surface area contributed by atoms with Crippen molar-refractivity contribution in [2.45, 2.75) is 37.8 Å². The summed E-state index contributed by atoms with van der Waals surface area (Å²) in [6.45, 7) is 6.41. The summed E-state index contributed by atoms with van der Waals surface area (Å²) in [4.78, 5) is 11.7. The van der Waals surface area contributed by atoms with E-state index in [-0.39, 0.29) is 22.9 Å². The van der Waals surface area contributed by atoms with E-state index >= 15 is 0 Å².